The van der Waals surface area contributed by atoms with E-state index in [4.69, 9.17) is 19.2 Å². The Balaban J connectivity index is 0.00000380. The van der Waals surface area contributed by atoms with Gasteiger partial charge in [0.05, 0.1) is 42.5 Å². The zero-order chi connectivity index (χ0) is 25.9. The summed E-state index contributed by atoms with van der Waals surface area (Å²) in [6.45, 7) is 2.40. The van der Waals surface area contributed by atoms with Crippen LogP contribution in [0.4, 0.5) is 5.13 Å². The van der Waals surface area contributed by atoms with Gasteiger partial charge in [-0.2, -0.15) is 4.31 Å². The number of carbonyl (C=O) groups excluding carboxylic acids is 1. The lowest BCUT2D eigenvalue weighted by Crippen LogP contribution is -2.40. The quantitative estimate of drug-likeness (QED) is 0.387. The molecule has 0 aliphatic carbocycles. The number of rotatable bonds is 9. The van der Waals surface area contributed by atoms with Crippen LogP contribution < -0.4 is 14.4 Å². The number of likely N-dealkylation sites (N-methyl/N-ethyl adjacent to an activating group) is 1. The van der Waals surface area contributed by atoms with E-state index in [1.807, 2.05) is 25.1 Å². The van der Waals surface area contributed by atoms with Crippen molar-refractivity contribution in [1.82, 2.24) is 14.2 Å². The third kappa shape index (κ3) is 6.33. The zero-order valence-electron chi connectivity index (χ0n) is 21.2. The Labute approximate surface area is 227 Å². The van der Waals surface area contributed by atoms with Crippen LogP contribution in [0.25, 0.3) is 10.2 Å². The monoisotopic (exact) mass is 570 g/mol. The number of hydrogen-bond acceptors (Lipinski definition) is 9. The fourth-order valence-corrected chi connectivity index (χ4v) is 6.21. The van der Waals surface area contributed by atoms with Gasteiger partial charge in [0.15, 0.2) is 16.6 Å². The van der Waals surface area contributed by atoms with Gasteiger partial charge in [0.25, 0.3) is 5.91 Å². The number of ether oxygens (including phenoxy) is 3. The number of sulfonamides is 1. The minimum Gasteiger partial charge on any atom is -0.493 e. The zero-order valence-corrected chi connectivity index (χ0v) is 23.6. The van der Waals surface area contributed by atoms with Crippen LogP contribution in [0.1, 0.15) is 10.4 Å². The number of amides is 1. The van der Waals surface area contributed by atoms with Gasteiger partial charge in [-0.1, -0.05) is 11.3 Å². The van der Waals surface area contributed by atoms with E-state index in [0.29, 0.717) is 67.1 Å². The molecule has 0 N–H and O–H groups in total. The number of anilines is 1. The number of methoxy groups -OCH3 is 2. The maximum Gasteiger partial charge on any atom is 0.260 e. The summed E-state index contributed by atoms with van der Waals surface area (Å²) in [6, 6.07) is 9.70. The van der Waals surface area contributed by atoms with Gasteiger partial charge in [-0.15, -0.1) is 12.4 Å². The standard InChI is InChI=1S/C24H30N4O6S2.ClH/c1-26(2)9-10-28(24-25-19-15-20(32-3)21(33-4)16-22(19)35-24)23(29)17-5-7-18(8-6-17)36(30,31)27-11-13-34-14-12-27;/h5-8,15-16H,9-14H2,1-4H3;1H. The molecule has 0 spiro atoms. The number of thiazole rings is 1. The molecule has 1 amide bonds. The molecular formula is C24H31ClN4O6S2. The first-order valence-corrected chi connectivity index (χ1v) is 13.7. The minimum absolute atomic E-state index is 0. The Morgan fingerprint density at radius 1 is 1.05 bits per heavy atom. The number of benzene rings is 2. The molecule has 1 aliphatic rings. The summed E-state index contributed by atoms with van der Waals surface area (Å²) in [4.78, 5) is 22.0. The second kappa shape index (κ2) is 12.4. The Morgan fingerprint density at radius 3 is 2.27 bits per heavy atom. The molecule has 4 rings (SSSR count). The first-order chi connectivity index (χ1) is 17.2. The predicted octanol–water partition coefficient (Wildman–Crippen LogP) is 2.96. The number of morpholine rings is 1. The fourth-order valence-electron chi connectivity index (χ4n) is 3.80. The van der Waals surface area contributed by atoms with E-state index in [1.165, 1.54) is 27.8 Å². The number of nitrogens with zero attached hydrogens (tertiary/aromatic N) is 4. The van der Waals surface area contributed by atoms with Crippen molar-refractivity contribution >= 4 is 55.0 Å². The molecule has 3 aromatic rings. The van der Waals surface area contributed by atoms with Crippen LogP contribution in [-0.4, -0.2) is 96.2 Å². The molecule has 0 bridgehead atoms. The molecule has 1 aliphatic heterocycles. The SMILES string of the molecule is COc1cc2nc(N(CCN(C)C)C(=O)c3ccc(S(=O)(=O)N4CCOCC4)cc3)sc2cc1OC.Cl. The summed E-state index contributed by atoms with van der Waals surface area (Å²) in [6.07, 6.45) is 0. The summed E-state index contributed by atoms with van der Waals surface area (Å²) < 4.78 is 44.2. The fraction of sp³-hybridized carbons (Fsp3) is 0.417. The lowest BCUT2D eigenvalue weighted by molar-refractivity contribution is 0.0730. The molecule has 1 aromatic heterocycles. The van der Waals surface area contributed by atoms with E-state index in [9.17, 15) is 13.2 Å². The van der Waals surface area contributed by atoms with Crippen molar-refractivity contribution in [2.75, 3.05) is 72.6 Å². The molecular weight excluding hydrogens is 540 g/mol. The third-order valence-corrected chi connectivity index (χ3v) is 8.79. The van der Waals surface area contributed by atoms with E-state index >= 15 is 0 Å². The van der Waals surface area contributed by atoms with Gasteiger partial charge in [-0.05, 0) is 38.4 Å². The largest absolute Gasteiger partial charge is 0.493 e. The molecule has 13 heteroatoms. The van der Waals surface area contributed by atoms with Crippen molar-refractivity contribution in [1.29, 1.82) is 0 Å². The van der Waals surface area contributed by atoms with Gasteiger partial charge in [0, 0.05) is 43.9 Å². The van der Waals surface area contributed by atoms with Crippen LogP contribution in [0, 0.1) is 0 Å². The average molecular weight is 571 g/mol. The molecule has 2 heterocycles. The first-order valence-electron chi connectivity index (χ1n) is 11.4. The number of halogens is 1. The van der Waals surface area contributed by atoms with Gasteiger partial charge in [-0.3, -0.25) is 9.69 Å². The summed E-state index contributed by atoms with van der Waals surface area (Å²) in [5, 5.41) is 0.539. The van der Waals surface area contributed by atoms with Crippen LogP contribution in [-0.2, 0) is 14.8 Å². The van der Waals surface area contributed by atoms with E-state index < -0.39 is 10.0 Å². The number of aromatic nitrogens is 1. The second-order valence-corrected chi connectivity index (χ2v) is 11.4. The highest BCUT2D eigenvalue weighted by Crippen LogP contribution is 2.37. The Bertz CT molecular complexity index is 1280. The highest BCUT2D eigenvalue weighted by atomic mass is 35.5. The van der Waals surface area contributed by atoms with Crippen molar-refractivity contribution in [2.45, 2.75) is 4.90 Å². The van der Waals surface area contributed by atoms with Gasteiger partial charge in [-0.25, -0.2) is 13.4 Å². The van der Waals surface area contributed by atoms with E-state index in [0.717, 1.165) is 4.70 Å². The average Bonchev–Trinajstić information content (AvgIpc) is 3.30. The lowest BCUT2D eigenvalue weighted by Gasteiger charge is -2.26. The molecule has 0 unspecified atom stereocenters. The molecule has 2 aromatic carbocycles. The van der Waals surface area contributed by atoms with Crippen molar-refractivity contribution in [2.24, 2.45) is 0 Å². The molecule has 0 atom stereocenters. The van der Waals surface area contributed by atoms with Crippen molar-refractivity contribution in [3.05, 3.63) is 42.0 Å². The number of hydrogen-bond donors (Lipinski definition) is 0. The van der Waals surface area contributed by atoms with Gasteiger partial charge in [0.2, 0.25) is 10.0 Å². The highest BCUT2D eigenvalue weighted by Gasteiger charge is 2.27. The molecule has 1 fully saturated rings. The minimum atomic E-state index is -3.64. The van der Waals surface area contributed by atoms with Gasteiger partial charge in [0.1, 0.15) is 0 Å². The predicted molar refractivity (Wildman–Crippen MR) is 146 cm³/mol. The van der Waals surface area contributed by atoms with E-state index in [1.54, 1.807) is 37.3 Å². The highest BCUT2D eigenvalue weighted by molar-refractivity contribution is 7.89. The first kappa shape index (κ1) is 29.1. The maximum absolute atomic E-state index is 13.6. The molecule has 10 nitrogen and oxygen atoms in total. The van der Waals surface area contributed by atoms with Gasteiger partial charge < -0.3 is 19.1 Å². The Kier molecular flexibility index (Phi) is 9.73. The van der Waals surface area contributed by atoms with Crippen molar-refractivity contribution in [3.63, 3.8) is 0 Å². The summed E-state index contributed by atoms with van der Waals surface area (Å²) in [5.74, 6) is 0.888. The molecule has 0 radical (unpaired) electrons. The Morgan fingerprint density at radius 2 is 1.68 bits per heavy atom. The number of carbonyl (C=O) groups is 1. The van der Waals surface area contributed by atoms with Crippen molar-refractivity contribution < 1.29 is 27.4 Å². The van der Waals surface area contributed by atoms with Crippen LogP contribution in [0.15, 0.2) is 41.3 Å². The summed E-state index contributed by atoms with van der Waals surface area (Å²) >= 11 is 1.38. The third-order valence-electron chi connectivity index (χ3n) is 5.84. The smallest absolute Gasteiger partial charge is 0.260 e. The molecule has 202 valence electrons. The Hall–Kier alpha value is -2.48. The van der Waals surface area contributed by atoms with Crippen LogP contribution in [0.3, 0.4) is 0 Å². The van der Waals surface area contributed by atoms with Crippen molar-refractivity contribution in [3.8, 4) is 11.5 Å². The maximum atomic E-state index is 13.6. The van der Waals surface area contributed by atoms with E-state index in [-0.39, 0.29) is 23.2 Å². The van der Waals surface area contributed by atoms with Gasteiger partial charge >= 0.3 is 0 Å². The van der Waals surface area contributed by atoms with E-state index in [2.05, 4.69) is 0 Å². The van der Waals surface area contributed by atoms with Crippen LogP contribution in [0.2, 0.25) is 0 Å². The molecule has 1 saturated heterocycles. The van der Waals surface area contributed by atoms with Crippen LogP contribution >= 0.6 is 23.7 Å². The second-order valence-electron chi connectivity index (χ2n) is 8.47. The lowest BCUT2D eigenvalue weighted by atomic mass is 10.2. The molecule has 0 saturated carbocycles. The molecule has 37 heavy (non-hydrogen) atoms. The summed E-state index contributed by atoms with van der Waals surface area (Å²) in [5.41, 5.74) is 1.08. The normalized spacial score (nSPS) is 14.4. The number of fused-ring (bicyclic) bond motifs is 1. The summed E-state index contributed by atoms with van der Waals surface area (Å²) in [7, 11) is 3.36. The van der Waals surface area contributed by atoms with Crippen LogP contribution in [0.5, 0.6) is 11.5 Å². The topological polar surface area (TPSA) is 102 Å².